The second-order valence-corrected chi connectivity index (χ2v) is 10.5. The molecule has 14 heteroatoms. The number of aliphatic hydroxyl groups excluding tert-OH is 5. The largest absolute Gasteiger partial charge is 0.394 e. The van der Waals surface area contributed by atoms with Gasteiger partial charge in [-0.2, -0.15) is 0 Å². The van der Waals surface area contributed by atoms with Crippen LogP contribution in [0.3, 0.4) is 0 Å². The molecule has 1 unspecified atom stereocenters. The Balaban J connectivity index is 2.75. The standard InChI is InChI=1S/C19H24I3N3O8/c20-14-12(18(32)23-8(3-26)4-27)15(21)17(25-10(7-30)1-2-11(25)31)16(22)13(14)19(33)24-9(5-28)6-29/h8-10,26-30H,1-7H2,(H,23,32)(H,24,33). The molecule has 7 N–H and O–H groups in total. The number of nitrogens with one attached hydrogen (secondary N) is 2. The zero-order valence-electron chi connectivity index (χ0n) is 17.2. The lowest BCUT2D eigenvalue weighted by molar-refractivity contribution is -0.117. The number of nitrogens with zero attached hydrogens (tertiary/aromatic N) is 1. The molecule has 1 aromatic carbocycles. The molecular weight excluding hydrogens is 779 g/mol. The Kier molecular flexibility index (Phi) is 11.4. The van der Waals surface area contributed by atoms with Gasteiger partial charge in [0.05, 0.1) is 75.1 Å². The maximum absolute atomic E-state index is 13.1. The van der Waals surface area contributed by atoms with E-state index < -0.39 is 56.4 Å². The zero-order valence-corrected chi connectivity index (χ0v) is 23.7. The van der Waals surface area contributed by atoms with Crippen molar-refractivity contribution in [2.75, 3.05) is 37.9 Å². The van der Waals surface area contributed by atoms with Gasteiger partial charge in [-0.25, -0.2) is 0 Å². The maximum Gasteiger partial charge on any atom is 0.253 e. The molecule has 0 saturated carbocycles. The highest BCUT2D eigenvalue weighted by Gasteiger charge is 2.38. The minimum Gasteiger partial charge on any atom is -0.394 e. The molecule has 1 aliphatic rings. The van der Waals surface area contributed by atoms with Crippen molar-refractivity contribution in [2.45, 2.75) is 31.0 Å². The predicted molar refractivity (Wildman–Crippen MR) is 143 cm³/mol. The van der Waals surface area contributed by atoms with E-state index in [0.717, 1.165) is 0 Å². The highest BCUT2D eigenvalue weighted by atomic mass is 127. The van der Waals surface area contributed by atoms with E-state index in [2.05, 4.69) is 10.6 Å². The molecule has 1 saturated heterocycles. The molecule has 33 heavy (non-hydrogen) atoms. The van der Waals surface area contributed by atoms with Crippen LogP contribution in [0, 0.1) is 10.7 Å². The van der Waals surface area contributed by atoms with Gasteiger partial charge in [0.2, 0.25) is 5.91 Å². The normalized spacial score (nSPS) is 16.1. The number of amides is 3. The van der Waals surface area contributed by atoms with E-state index in [1.807, 2.05) is 67.8 Å². The fourth-order valence-corrected chi connectivity index (χ4v) is 7.96. The summed E-state index contributed by atoms with van der Waals surface area (Å²) >= 11 is 5.63. The van der Waals surface area contributed by atoms with Crippen LogP contribution in [0.5, 0.6) is 0 Å². The summed E-state index contributed by atoms with van der Waals surface area (Å²) in [6.45, 7) is -2.34. The lowest BCUT2D eigenvalue weighted by Gasteiger charge is -2.29. The molecule has 0 aromatic heterocycles. The fraction of sp³-hybridized carbons (Fsp3) is 0.526. The molecule has 1 aliphatic heterocycles. The summed E-state index contributed by atoms with van der Waals surface area (Å²) in [5.41, 5.74) is 0.414. The summed E-state index contributed by atoms with van der Waals surface area (Å²) in [6, 6.07) is -2.40. The van der Waals surface area contributed by atoms with Crippen molar-refractivity contribution in [2.24, 2.45) is 0 Å². The van der Waals surface area contributed by atoms with Crippen molar-refractivity contribution in [3.8, 4) is 0 Å². The second-order valence-electron chi connectivity index (χ2n) is 7.25. The van der Waals surface area contributed by atoms with Gasteiger partial charge in [0.25, 0.3) is 11.8 Å². The quantitative estimate of drug-likeness (QED) is 0.150. The molecule has 11 nitrogen and oxygen atoms in total. The Morgan fingerprint density at radius 2 is 1.27 bits per heavy atom. The van der Waals surface area contributed by atoms with Crippen molar-refractivity contribution >= 4 is 91.2 Å². The third-order valence-corrected chi connectivity index (χ3v) is 8.26. The van der Waals surface area contributed by atoms with Crippen molar-refractivity contribution < 1.29 is 39.9 Å². The van der Waals surface area contributed by atoms with Gasteiger partial charge in [-0.1, -0.05) is 0 Å². The van der Waals surface area contributed by atoms with Crippen LogP contribution in [0.15, 0.2) is 0 Å². The Bertz CT molecular complexity index is 856. The summed E-state index contributed by atoms with van der Waals surface area (Å²) in [6.07, 6.45) is 0.603. The van der Waals surface area contributed by atoms with Crippen LogP contribution in [-0.4, -0.2) is 94.4 Å². The van der Waals surface area contributed by atoms with E-state index >= 15 is 0 Å². The van der Waals surface area contributed by atoms with E-state index in [4.69, 9.17) is 0 Å². The third-order valence-electron chi connectivity index (χ3n) is 5.08. The number of anilines is 1. The van der Waals surface area contributed by atoms with E-state index in [1.165, 1.54) is 4.90 Å². The Morgan fingerprint density at radius 3 is 1.64 bits per heavy atom. The highest BCUT2D eigenvalue weighted by molar-refractivity contribution is 14.1. The van der Waals surface area contributed by atoms with E-state index in [0.29, 0.717) is 19.2 Å². The summed E-state index contributed by atoms with van der Waals surface area (Å²) in [5, 5.41) is 52.2. The van der Waals surface area contributed by atoms with Crippen LogP contribution in [0.2, 0.25) is 0 Å². The fourth-order valence-electron chi connectivity index (χ4n) is 3.30. The maximum atomic E-state index is 13.1. The first kappa shape index (κ1) is 28.9. The van der Waals surface area contributed by atoms with E-state index in [-0.39, 0.29) is 33.6 Å². The topological polar surface area (TPSA) is 180 Å². The Hall–Kier alpha value is -0.380. The van der Waals surface area contributed by atoms with Gasteiger partial charge >= 0.3 is 0 Å². The molecule has 3 amide bonds. The minimum absolute atomic E-state index is 0.0598. The Morgan fingerprint density at radius 1 is 0.848 bits per heavy atom. The van der Waals surface area contributed by atoms with Crippen molar-refractivity contribution in [3.05, 3.63) is 21.8 Å². The smallest absolute Gasteiger partial charge is 0.253 e. The van der Waals surface area contributed by atoms with Crippen LogP contribution >= 0.6 is 67.8 Å². The van der Waals surface area contributed by atoms with Crippen LogP contribution in [0.4, 0.5) is 5.69 Å². The summed E-state index contributed by atoms with van der Waals surface area (Å²) in [4.78, 5) is 40.3. The van der Waals surface area contributed by atoms with Crippen molar-refractivity contribution in [1.82, 2.24) is 10.6 Å². The number of halogens is 3. The monoisotopic (exact) mass is 803 g/mol. The number of hydrogen-bond acceptors (Lipinski definition) is 8. The molecule has 184 valence electrons. The van der Waals surface area contributed by atoms with Crippen LogP contribution in [0.25, 0.3) is 0 Å². The predicted octanol–water partition coefficient (Wildman–Crippen LogP) is -0.846. The molecule has 2 rings (SSSR count). The third kappa shape index (κ3) is 6.25. The molecule has 1 atom stereocenters. The molecule has 0 bridgehead atoms. The SMILES string of the molecule is O=C(NC(CO)CO)c1c(I)c(C(=O)NC(CO)CO)c(I)c(N2C(=O)CCC2CO)c1I. The first-order chi connectivity index (χ1) is 15.7. The van der Waals surface area contributed by atoms with Crippen LogP contribution in [0.1, 0.15) is 33.6 Å². The van der Waals surface area contributed by atoms with Crippen molar-refractivity contribution in [1.29, 1.82) is 0 Å². The van der Waals surface area contributed by atoms with E-state index in [1.54, 1.807) is 0 Å². The van der Waals surface area contributed by atoms with Crippen molar-refractivity contribution in [3.63, 3.8) is 0 Å². The lowest BCUT2D eigenvalue weighted by atomic mass is 10.1. The molecule has 1 fully saturated rings. The van der Waals surface area contributed by atoms with E-state index in [9.17, 15) is 39.9 Å². The highest BCUT2D eigenvalue weighted by Crippen LogP contribution is 2.41. The summed E-state index contributed by atoms with van der Waals surface area (Å²) in [5.74, 6) is -1.61. The lowest BCUT2D eigenvalue weighted by Crippen LogP contribution is -2.43. The number of carbonyl (C=O) groups excluding carboxylic acids is 3. The van der Waals surface area contributed by atoms with Gasteiger partial charge in [0.15, 0.2) is 0 Å². The molecule has 0 radical (unpaired) electrons. The van der Waals surface area contributed by atoms with Crippen LogP contribution < -0.4 is 15.5 Å². The van der Waals surface area contributed by atoms with Gasteiger partial charge in [0, 0.05) is 9.99 Å². The van der Waals surface area contributed by atoms with Gasteiger partial charge in [-0.05, 0) is 74.2 Å². The molecule has 1 aromatic rings. The van der Waals surface area contributed by atoms with Gasteiger partial charge in [0.1, 0.15) is 0 Å². The first-order valence-electron chi connectivity index (χ1n) is 9.85. The minimum atomic E-state index is -0.934. The van der Waals surface area contributed by atoms with Crippen LogP contribution in [-0.2, 0) is 4.79 Å². The molecule has 0 spiro atoms. The first-order valence-corrected chi connectivity index (χ1v) is 13.1. The molecule has 1 heterocycles. The average Bonchev–Trinajstić information content (AvgIpc) is 3.15. The number of hydrogen-bond donors (Lipinski definition) is 7. The molecular formula is C19H24I3N3O8. The second kappa shape index (κ2) is 13.1. The van der Waals surface area contributed by atoms with Gasteiger partial charge < -0.3 is 41.1 Å². The number of carbonyl (C=O) groups is 3. The summed E-state index contributed by atoms with van der Waals surface area (Å²) < 4.78 is 0.968. The molecule has 0 aliphatic carbocycles. The number of rotatable bonds is 10. The van der Waals surface area contributed by atoms with Gasteiger partial charge in [-0.15, -0.1) is 0 Å². The van der Waals surface area contributed by atoms with Gasteiger partial charge in [-0.3, -0.25) is 14.4 Å². The zero-order chi connectivity index (χ0) is 24.9. The average molecular weight is 803 g/mol. The Labute approximate surface area is 230 Å². The number of aliphatic hydroxyl groups is 5. The summed E-state index contributed by atoms with van der Waals surface area (Å²) in [7, 11) is 0. The number of benzene rings is 1.